The number of piperidine rings is 1. The van der Waals surface area contributed by atoms with Gasteiger partial charge in [-0.05, 0) is 56.6 Å². The number of hydrogen-bond donors (Lipinski definition) is 1. The SMILES string of the molecule is C[C@H]1CC2(CCN(c3cnc4c(N5CCCc6ncccc65)n[nH]c4n3)CC2)CO1. The molecule has 30 heavy (non-hydrogen) atoms. The minimum absolute atomic E-state index is 0.365. The van der Waals surface area contributed by atoms with Crippen molar-refractivity contribution in [2.24, 2.45) is 5.41 Å². The number of nitrogens with zero attached hydrogens (tertiary/aromatic N) is 6. The zero-order valence-corrected chi connectivity index (χ0v) is 17.3. The monoisotopic (exact) mass is 405 g/mol. The second kappa shape index (κ2) is 6.91. The number of aromatic amines is 1. The maximum absolute atomic E-state index is 5.86. The lowest BCUT2D eigenvalue weighted by Crippen LogP contribution is -2.41. The van der Waals surface area contributed by atoms with Crippen LogP contribution in [0.5, 0.6) is 0 Å². The Morgan fingerprint density at radius 2 is 2.10 bits per heavy atom. The van der Waals surface area contributed by atoms with Gasteiger partial charge < -0.3 is 14.5 Å². The highest BCUT2D eigenvalue weighted by atomic mass is 16.5. The molecule has 0 radical (unpaired) electrons. The maximum atomic E-state index is 5.86. The minimum atomic E-state index is 0.365. The second-order valence-corrected chi connectivity index (χ2v) is 9.01. The van der Waals surface area contributed by atoms with Crippen LogP contribution in [0.15, 0.2) is 24.5 Å². The van der Waals surface area contributed by atoms with Crippen LogP contribution in [-0.2, 0) is 11.2 Å². The summed E-state index contributed by atoms with van der Waals surface area (Å²) in [7, 11) is 0. The van der Waals surface area contributed by atoms with E-state index in [1.54, 1.807) is 0 Å². The first-order valence-corrected chi connectivity index (χ1v) is 11.0. The van der Waals surface area contributed by atoms with Gasteiger partial charge in [0.15, 0.2) is 17.0 Å². The number of hydrogen-bond acceptors (Lipinski definition) is 7. The smallest absolute Gasteiger partial charge is 0.183 e. The molecule has 0 aliphatic carbocycles. The van der Waals surface area contributed by atoms with E-state index < -0.39 is 0 Å². The second-order valence-electron chi connectivity index (χ2n) is 9.01. The van der Waals surface area contributed by atoms with Crippen LogP contribution in [0, 0.1) is 5.41 Å². The van der Waals surface area contributed by atoms with Gasteiger partial charge in [-0.3, -0.25) is 10.1 Å². The van der Waals surface area contributed by atoms with E-state index in [2.05, 4.69) is 38.0 Å². The number of nitrogens with one attached hydrogen (secondary N) is 1. The highest BCUT2D eigenvalue weighted by Crippen LogP contribution is 2.42. The van der Waals surface area contributed by atoms with Crippen molar-refractivity contribution in [1.29, 1.82) is 0 Å². The van der Waals surface area contributed by atoms with Crippen LogP contribution in [0.3, 0.4) is 0 Å². The summed E-state index contributed by atoms with van der Waals surface area (Å²) < 4.78 is 5.86. The number of H-pyrrole nitrogens is 1. The van der Waals surface area contributed by atoms with Crippen LogP contribution in [0.25, 0.3) is 11.2 Å². The molecule has 0 aromatic carbocycles. The third-order valence-electron chi connectivity index (χ3n) is 6.99. The van der Waals surface area contributed by atoms with E-state index in [1.165, 1.54) is 6.42 Å². The molecule has 3 aliphatic heterocycles. The third kappa shape index (κ3) is 2.93. The van der Waals surface area contributed by atoms with Crippen LogP contribution in [0.1, 0.15) is 38.3 Å². The molecule has 3 aromatic heterocycles. The molecule has 2 saturated heterocycles. The molecular weight excluding hydrogens is 378 g/mol. The first-order chi connectivity index (χ1) is 14.7. The normalized spacial score (nSPS) is 23.3. The molecule has 6 rings (SSSR count). The molecule has 1 spiro atoms. The summed E-state index contributed by atoms with van der Waals surface area (Å²) in [5.41, 5.74) is 4.18. The molecule has 0 bridgehead atoms. The summed E-state index contributed by atoms with van der Waals surface area (Å²) in [6, 6.07) is 4.09. The van der Waals surface area contributed by atoms with Gasteiger partial charge in [-0.1, -0.05) is 0 Å². The van der Waals surface area contributed by atoms with E-state index in [-0.39, 0.29) is 0 Å². The summed E-state index contributed by atoms with van der Waals surface area (Å²) in [5, 5.41) is 7.70. The Bertz CT molecular complexity index is 1070. The quantitative estimate of drug-likeness (QED) is 0.701. The van der Waals surface area contributed by atoms with Crippen molar-refractivity contribution in [3.05, 3.63) is 30.2 Å². The molecule has 6 heterocycles. The van der Waals surface area contributed by atoms with Gasteiger partial charge in [-0.25, -0.2) is 9.97 Å². The minimum Gasteiger partial charge on any atom is -0.378 e. The number of ether oxygens (including phenoxy) is 1. The van der Waals surface area contributed by atoms with Crippen LogP contribution in [0.4, 0.5) is 17.3 Å². The van der Waals surface area contributed by atoms with Gasteiger partial charge >= 0.3 is 0 Å². The molecule has 0 unspecified atom stereocenters. The van der Waals surface area contributed by atoms with Crippen LogP contribution < -0.4 is 9.80 Å². The Labute approximate surface area is 175 Å². The fraction of sp³-hybridized carbons (Fsp3) is 0.545. The van der Waals surface area contributed by atoms with Crippen LogP contribution >= 0.6 is 0 Å². The molecule has 8 heteroatoms. The first kappa shape index (κ1) is 18.1. The van der Waals surface area contributed by atoms with Gasteiger partial charge in [0.25, 0.3) is 0 Å². The number of fused-ring (bicyclic) bond motifs is 2. The maximum Gasteiger partial charge on any atom is 0.183 e. The van der Waals surface area contributed by atoms with Gasteiger partial charge in [0.05, 0.1) is 30.3 Å². The van der Waals surface area contributed by atoms with Crippen LogP contribution in [-0.4, -0.2) is 57.5 Å². The van der Waals surface area contributed by atoms with E-state index in [9.17, 15) is 0 Å². The zero-order valence-electron chi connectivity index (χ0n) is 17.3. The Balaban J connectivity index is 1.25. The van der Waals surface area contributed by atoms with Crippen molar-refractivity contribution >= 4 is 28.5 Å². The lowest BCUT2D eigenvalue weighted by atomic mass is 9.77. The van der Waals surface area contributed by atoms with E-state index in [0.29, 0.717) is 11.5 Å². The lowest BCUT2D eigenvalue weighted by molar-refractivity contribution is 0.0976. The number of anilines is 3. The van der Waals surface area contributed by atoms with Gasteiger partial charge in [0, 0.05) is 25.8 Å². The topological polar surface area (TPSA) is 83.1 Å². The molecular formula is C22H27N7O. The highest BCUT2D eigenvalue weighted by Gasteiger charge is 2.41. The van der Waals surface area contributed by atoms with Crippen molar-refractivity contribution in [3.63, 3.8) is 0 Å². The summed E-state index contributed by atoms with van der Waals surface area (Å²) in [4.78, 5) is 18.8. The number of aromatic nitrogens is 5. The highest BCUT2D eigenvalue weighted by molar-refractivity contribution is 5.87. The average molecular weight is 406 g/mol. The van der Waals surface area contributed by atoms with Crippen molar-refractivity contribution in [1.82, 2.24) is 25.1 Å². The molecule has 2 fully saturated rings. The lowest BCUT2D eigenvalue weighted by Gasteiger charge is -2.38. The molecule has 0 amide bonds. The predicted molar refractivity (Wildman–Crippen MR) is 115 cm³/mol. The van der Waals surface area contributed by atoms with Gasteiger partial charge in [-0.15, -0.1) is 0 Å². The number of aryl methyl sites for hydroxylation is 1. The largest absolute Gasteiger partial charge is 0.378 e. The van der Waals surface area contributed by atoms with Crippen LogP contribution in [0.2, 0.25) is 0 Å². The van der Waals surface area contributed by atoms with Gasteiger partial charge in [-0.2, -0.15) is 5.10 Å². The third-order valence-corrected chi connectivity index (χ3v) is 6.99. The van der Waals surface area contributed by atoms with E-state index >= 15 is 0 Å². The Morgan fingerprint density at radius 1 is 1.20 bits per heavy atom. The van der Waals surface area contributed by atoms with Gasteiger partial charge in [0.2, 0.25) is 0 Å². The van der Waals surface area contributed by atoms with E-state index in [4.69, 9.17) is 14.7 Å². The molecule has 3 aliphatic rings. The van der Waals surface area contributed by atoms with Crippen molar-refractivity contribution in [3.8, 4) is 0 Å². The summed E-state index contributed by atoms with van der Waals surface area (Å²) >= 11 is 0. The predicted octanol–water partition coefficient (Wildman–Crippen LogP) is 3.23. The van der Waals surface area contributed by atoms with Gasteiger partial charge in [0.1, 0.15) is 5.82 Å². The van der Waals surface area contributed by atoms with Crippen molar-refractivity contribution < 1.29 is 4.74 Å². The fourth-order valence-corrected chi connectivity index (χ4v) is 5.34. The molecule has 156 valence electrons. The number of pyridine rings is 1. The van der Waals surface area contributed by atoms with Crippen molar-refractivity contribution in [2.75, 3.05) is 36.0 Å². The first-order valence-electron chi connectivity index (χ1n) is 11.0. The molecule has 0 saturated carbocycles. The molecule has 8 nitrogen and oxygen atoms in total. The Hall–Kier alpha value is -2.74. The van der Waals surface area contributed by atoms with Crippen molar-refractivity contribution in [2.45, 2.75) is 45.1 Å². The van der Waals surface area contributed by atoms with E-state index in [1.807, 2.05) is 18.5 Å². The zero-order chi connectivity index (χ0) is 20.1. The number of rotatable bonds is 2. The molecule has 1 N–H and O–H groups in total. The fourth-order valence-electron chi connectivity index (χ4n) is 5.34. The Morgan fingerprint density at radius 3 is 2.93 bits per heavy atom. The average Bonchev–Trinajstić information content (AvgIpc) is 3.37. The van der Waals surface area contributed by atoms with E-state index in [0.717, 1.165) is 86.1 Å². The summed E-state index contributed by atoms with van der Waals surface area (Å²) in [6.07, 6.45) is 9.71. The summed E-state index contributed by atoms with van der Waals surface area (Å²) in [5.74, 6) is 1.77. The Kier molecular flexibility index (Phi) is 4.16. The summed E-state index contributed by atoms with van der Waals surface area (Å²) in [6.45, 7) is 6.01. The standard InChI is InChI=1S/C22H27N7O/c1-15-12-22(14-30-15)6-10-28(11-7-22)18-13-24-19-20(25-18)26-27-21(19)29-9-3-4-16-17(29)5-2-8-23-16/h2,5,8,13,15H,3-4,6-7,9-12,14H2,1H3,(H,25,26,27)/t15-/m0/s1. The molecule has 3 aromatic rings. The molecule has 1 atom stereocenters.